The predicted octanol–water partition coefficient (Wildman–Crippen LogP) is 5.25. The lowest BCUT2D eigenvalue weighted by atomic mass is 10.2. The van der Waals surface area contributed by atoms with Crippen molar-refractivity contribution in [2.45, 2.75) is 19.4 Å². The van der Waals surface area contributed by atoms with Crippen molar-refractivity contribution < 1.29 is 14.3 Å². The average molecular weight is 508 g/mol. The molecule has 0 aliphatic carbocycles. The number of carbonyl (C=O) groups excluding carboxylic acids is 1. The van der Waals surface area contributed by atoms with Gasteiger partial charge in [0.25, 0.3) is 5.91 Å². The van der Waals surface area contributed by atoms with Gasteiger partial charge in [0.05, 0.1) is 24.8 Å². The Morgan fingerprint density at radius 1 is 1.03 bits per heavy atom. The van der Waals surface area contributed by atoms with Crippen molar-refractivity contribution in [3.05, 3.63) is 88.7 Å². The van der Waals surface area contributed by atoms with E-state index in [0.29, 0.717) is 25.1 Å². The second-order valence-corrected chi connectivity index (χ2v) is 8.45. The number of halogens is 1. The van der Waals surface area contributed by atoms with Crippen LogP contribution in [0.1, 0.15) is 22.6 Å². The van der Waals surface area contributed by atoms with Gasteiger partial charge in [-0.05, 0) is 48.9 Å². The summed E-state index contributed by atoms with van der Waals surface area (Å²) in [5.41, 5.74) is 2.67. The maximum atomic E-state index is 12.5. The third-order valence-corrected chi connectivity index (χ3v) is 5.80. The Morgan fingerprint density at radius 3 is 2.64 bits per heavy atom. The summed E-state index contributed by atoms with van der Waals surface area (Å²) in [6, 6.07) is 23.1. The van der Waals surface area contributed by atoms with E-state index in [1.54, 1.807) is 13.2 Å². The molecule has 0 aliphatic heterocycles. The van der Waals surface area contributed by atoms with Crippen LogP contribution in [0.25, 0.3) is 11.0 Å². The van der Waals surface area contributed by atoms with Crippen LogP contribution < -0.4 is 14.8 Å². The highest BCUT2D eigenvalue weighted by atomic mass is 79.9. The zero-order valence-corrected chi connectivity index (χ0v) is 20.0. The van der Waals surface area contributed by atoms with E-state index >= 15 is 0 Å². The number of rotatable bonds is 10. The Hall–Kier alpha value is -3.32. The highest BCUT2D eigenvalue weighted by Gasteiger charge is 2.12. The Morgan fingerprint density at radius 2 is 1.82 bits per heavy atom. The number of ether oxygens (including phenoxy) is 2. The van der Waals surface area contributed by atoms with E-state index in [2.05, 4.69) is 31.9 Å². The lowest BCUT2D eigenvalue weighted by molar-refractivity contribution is 0.0954. The fourth-order valence-corrected chi connectivity index (χ4v) is 4.13. The number of amides is 1. The van der Waals surface area contributed by atoms with Crippen LogP contribution in [0.15, 0.2) is 77.3 Å². The van der Waals surface area contributed by atoms with Crippen molar-refractivity contribution in [3.8, 4) is 11.5 Å². The van der Waals surface area contributed by atoms with Gasteiger partial charge in [0.1, 0.15) is 5.82 Å². The molecule has 6 nitrogen and oxygen atoms in total. The first-order chi connectivity index (χ1) is 16.2. The van der Waals surface area contributed by atoms with Gasteiger partial charge < -0.3 is 19.4 Å². The molecule has 0 atom stereocenters. The molecule has 0 bridgehead atoms. The van der Waals surface area contributed by atoms with Crippen molar-refractivity contribution in [2.24, 2.45) is 0 Å². The van der Waals surface area contributed by atoms with Crippen molar-refractivity contribution in [1.29, 1.82) is 0 Å². The van der Waals surface area contributed by atoms with Gasteiger partial charge in [0.2, 0.25) is 0 Å². The van der Waals surface area contributed by atoms with Crippen LogP contribution in [0.4, 0.5) is 0 Å². The van der Waals surface area contributed by atoms with E-state index in [-0.39, 0.29) is 5.91 Å². The van der Waals surface area contributed by atoms with Crippen molar-refractivity contribution in [1.82, 2.24) is 14.9 Å². The molecule has 0 spiro atoms. The molecular formula is C26H26BrN3O3. The zero-order valence-electron chi connectivity index (χ0n) is 18.5. The molecule has 0 saturated carbocycles. The summed E-state index contributed by atoms with van der Waals surface area (Å²) in [5, 5.41) is 3.00. The van der Waals surface area contributed by atoms with Crippen LogP contribution in [-0.2, 0) is 13.0 Å². The average Bonchev–Trinajstić information content (AvgIpc) is 3.19. The molecule has 170 valence electrons. The maximum absolute atomic E-state index is 12.5. The van der Waals surface area contributed by atoms with E-state index in [0.717, 1.165) is 45.8 Å². The molecule has 4 aromatic rings. The Bertz CT molecular complexity index is 1240. The van der Waals surface area contributed by atoms with Crippen molar-refractivity contribution in [2.75, 3.05) is 20.3 Å². The number of nitrogens with zero attached hydrogens (tertiary/aromatic N) is 2. The summed E-state index contributed by atoms with van der Waals surface area (Å²) in [4.78, 5) is 17.3. The molecule has 1 N–H and O–H groups in total. The van der Waals surface area contributed by atoms with E-state index in [1.807, 2.05) is 60.7 Å². The molecule has 33 heavy (non-hydrogen) atoms. The highest BCUT2D eigenvalue weighted by Crippen LogP contribution is 2.26. The number of methoxy groups -OCH3 is 1. The first-order valence-electron chi connectivity index (χ1n) is 10.9. The predicted molar refractivity (Wildman–Crippen MR) is 133 cm³/mol. The molecule has 0 radical (unpaired) electrons. The second-order valence-electron chi connectivity index (χ2n) is 7.54. The minimum absolute atomic E-state index is 0.0934. The maximum Gasteiger partial charge on any atom is 0.251 e. The number of benzene rings is 3. The number of hydrogen-bond acceptors (Lipinski definition) is 4. The van der Waals surface area contributed by atoms with Gasteiger partial charge in [0, 0.05) is 29.5 Å². The summed E-state index contributed by atoms with van der Waals surface area (Å²) in [5.74, 6) is 2.32. The number of para-hydroxylation sites is 4. The standard InChI is InChI=1S/C26H26BrN3O3/c1-32-23-12-4-5-13-24(23)33-17-7-16-30-22-11-3-2-10-21(22)29-25(30)14-15-28-26(31)19-8-6-9-20(27)18-19/h2-6,8-13,18H,7,14-17H2,1H3,(H,28,31). The number of carbonyl (C=O) groups is 1. The largest absolute Gasteiger partial charge is 0.493 e. The number of hydrogen-bond donors (Lipinski definition) is 1. The van der Waals surface area contributed by atoms with Gasteiger partial charge in [-0.1, -0.05) is 46.3 Å². The minimum Gasteiger partial charge on any atom is -0.493 e. The summed E-state index contributed by atoms with van der Waals surface area (Å²) in [6.07, 6.45) is 1.46. The number of imidazole rings is 1. The lowest BCUT2D eigenvalue weighted by Crippen LogP contribution is -2.26. The van der Waals surface area contributed by atoms with Gasteiger partial charge in [-0.25, -0.2) is 4.98 Å². The normalized spacial score (nSPS) is 10.8. The van der Waals surface area contributed by atoms with Crippen molar-refractivity contribution >= 4 is 32.9 Å². The molecule has 1 aromatic heterocycles. The van der Waals surface area contributed by atoms with Crippen LogP contribution in [0.5, 0.6) is 11.5 Å². The molecule has 0 fully saturated rings. The van der Waals surface area contributed by atoms with Gasteiger partial charge >= 0.3 is 0 Å². The number of nitrogens with one attached hydrogen (secondary N) is 1. The fourth-order valence-electron chi connectivity index (χ4n) is 3.73. The third kappa shape index (κ3) is 5.73. The Balaban J connectivity index is 1.38. The smallest absolute Gasteiger partial charge is 0.251 e. The molecule has 0 aliphatic rings. The van der Waals surface area contributed by atoms with E-state index in [4.69, 9.17) is 14.5 Å². The van der Waals surface area contributed by atoms with Crippen LogP contribution in [0, 0.1) is 0 Å². The quantitative estimate of drug-likeness (QED) is 0.297. The topological polar surface area (TPSA) is 65.4 Å². The highest BCUT2D eigenvalue weighted by molar-refractivity contribution is 9.10. The first-order valence-corrected chi connectivity index (χ1v) is 11.7. The Labute approximate surface area is 201 Å². The van der Waals surface area contributed by atoms with Crippen LogP contribution in [-0.4, -0.2) is 35.7 Å². The Kier molecular flexibility index (Phi) is 7.62. The zero-order chi connectivity index (χ0) is 23.0. The molecule has 7 heteroatoms. The fraction of sp³-hybridized carbons (Fsp3) is 0.231. The van der Waals surface area contributed by atoms with Gasteiger partial charge in [0.15, 0.2) is 11.5 Å². The molecule has 3 aromatic carbocycles. The van der Waals surface area contributed by atoms with Crippen LogP contribution in [0.2, 0.25) is 0 Å². The number of aryl methyl sites for hydroxylation is 1. The summed E-state index contributed by atoms with van der Waals surface area (Å²) in [6.45, 7) is 1.84. The molecular weight excluding hydrogens is 482 g/mol. The van der Waals surface area contributed by atoms with Crippen LogP contribution in [0.3, 0.4) is 0 Å². The second kappa shape index (κ2) is 11.0. The van der Waals surface area contributed by atoms with Crippen LogP contribution >= 0.6 is 15.9 Å². The monoisotopic (exact) mass is 507 g/mol. The minimum atomic E-state index is -0.0934. The number of fused-ring (bicyclic) bond motifs is 1. The summed E-state index contributed by atoms with van der Waals surface area (Å²) >= 11 is 3.41. The van der Waals surface area contributed by atoms with Crippen molar-refractivity contribution in [3.63, 3.8) is 0 Å². The SMILES string of the molecule is COc1ccccc1OCCCn1c(CCNC(=O)c2cccc(Br)c2)nc2ccccc21. The van der Waals surface area contributed by atoms with E-state index < -0.39 is 0 Å². The van der Waals surface area contributed by atoms with E-state index in [9.17, 15) is 4.79 Å². The molecule has 1 amide bonds. The first kappa shape index (κ1) is 22.9. The van der Waals surface area contributed by atoms with E-state index in [1.165, 1.54) is 0 Å². The molecule has 0 saturated heterocycles. The molecule has 4 rings (SSSR count). The molecule has 1 heterocycles. The van der Waals surface area contributed by atoms with Gasteiger partial charge in [-0.15, -0.1) is 0 Å². The summed E-state index contributed by atoms with van der Waals surface area (Å²) in [7, 11) is 1.64. The lowest BCUT2D eigenvalue weighted by Gasteiger charge is -2.12. The summed E-state index contributed by atoms with van der Waals surface area (Å²) < 4.78 is 14.4. The van der Waals surface area contributed by atoms with Gasteiger partial charge in [-0.2, -0.15) is 0 Å². The number of aromatic nitrogens is 2. The third-order valence-electron chi connectivity index (χ3n) is 5.31. The van der Waals surface area contributed by atoms with Gasteiger partial charge in [-0.3, -0.25) is 4.79 Å². The molecule has 0 unspecified atom stereocenters.